The summed E-state index contributed by atoms with van der Waals surface area (Å²) >= 11 is 1.89. The lowest BCUT2D eigenvalue weighted by Gasteiger charge is -2.20. The van der Waals surface area contributed by atoms with E-state index in [1.807, 2.05) is 24.9 Å². The van der Waals surface area contributed by atoms with Gasteiger partial charge in [-0.3, -0.25) is 0 Å². The molecule has 0 bridgehead atoms. The SMILES string of the molecule is COCCCCSCC(CNCc1c[nH]c2c(N)ncnc12)C(C)O. The summed E-state index contributed by atoms with van der Waals surface area (Å²) in [6, 6.07) is 0. The molecular weight excluding hydrogens is 338 g/mol. The molecule has 0 radical (unpaired) electrons. The van der Waals surface area contributed by atoms with Gasteiger partial charge in [-0.25, -0.2) is 9.97 Å². The number of unbranched alkanes of at least 4 members (excludes halogenated alkanes) is 1. The van der Waals surface area contributed by atoms with Gasteiger partial charge in [0.15, 0.2) is 5.82 Å². The maximum atomic E-state index is 10.0. The summed E-state index contributed by atoms with van der Waals surface area (Å²) in [6.07, 6.45) is 5.29. The van der Waals surface area contributed by atoms with Gasteiger partial charge in [0, 0.05) is 44.5 Å². The number of methoxy groups -OCH3 is 1. The minimum atomic E-state index is -0.333. The van der Waals surface area contributed by atoms with Gasteiger partial charge in [-0.1, -0.05) is 0 Å². The highest BCUT2D eigenvalue weighted by Crippen LogP contribution is 2.19. The number of nitrogens with two attached hydrogens (primary N) is 1. The van der Waals surface area contributed by atoms with Gasteiger partial charge < -0.3 is 25.9 Å². The molecule has 0 aromatic carbocycles. The number of nitrogens with one attached hydrogen (secondary N) is 2. The number of thioether (sulfide) groups is 1. The summed E-state index contributed by atoms with van der Waals surface area (Å²) in [7, 11) is 1.73. The molecule has 0 aliphatic carbocycles. The van der Waals surface area contributed by atoms with E-state index in [-0.39, 0.29) is 12.0 Å². The van der Waals surface area contributed by atoms with E-state index < -0.39 is 0 Å². The molecule has 0 aliphatic rings. The van der Waals surface area contributed by atoms with Crippen LogP contribution in [0, 0.1) is 5.92 Å². The molecular formula is C17H29N5O2S. The second kappa shape index (κ2) is 10.6. The molecule has 0 spiro atoms. The normalized spacial score (nSPS) is 14.0. The molecule has 8 heteroatoms. The van der Waals surface area contributed by atoms with E-state index >= 15 is 0 Å². The Morgan fingerprint density at radius 3 is 3.00 bits per heavy atom. The van der Waals surface area contributed by atoms with Crippen molar-refractivity contribution in [2.75, 3.05) is 37.5 Å². The van der Waals surface area contributed by atoms with Crippen LogP contribution in [0.3, 0.4) is 0 Å². The number of nitrogen functional groups attached to an aromatic ring is 1. The zero-order valence-corrected chi connectivity index (χ0v) is 15.8. The van der Waals surface area contributed by atoms with Crippen LogP contribution in [0.4, 0.5) is 5.82 Å². The van der Waals surface area contributed by atoms with E-state index in [4.69, 9.17) is 10.5 Å². The zero-order chi connectivity index (χ0) is 18.1. The monoisotopic (exact) mass is 367 g/mol. The molecule has 0 saturated heterocycles. The van der Waals surface area contributed by atoms with E-state index in [0.717, 1.165) is 54.1 Å². The second-order valence-electron chi connectivity index (χ2n) is 6.20. The molecule has 2 aromatic rings. The average Bonchev–Trinajstić information content (AvgIpc) is 3.00. The van der Waals surface area contributed by atoms with Crippen molar-refractivity contribution in [2.45, 2.75) is 32.4 Å². The summed E-state index contributed by atoms with van der Waals surface area (Å²) in [5.41, 5.74) is 8.52. The van der Waals surface area contributed by atoms with Crippen LogP contribution < -0.4 is 11.1 Å². The molecule has 2 rings (SSSR count). The first-order chi connectivity index (χ1) is 12.1. The van der Waals surface area contributed by atoms with Crippen molar-refractivity contribution >= 4 is 28.6 Å². The Hall–Kier alpha value is -1.35. The molecule has 2 aromatic heterocycles. The Kier molecular flexibility index (Phi) is 8.47. The fraction of sp³-hybridized carbons (Fsp3) is 0.647. The molecule has 0 amide bonds. The number of fused-ring (bicyclic) bond motifs is 1. The van der Waals surface area contributed by atoms with Gasteiger partial charge in [0.05, 0.1) is 11.6 Å². The molecule has 2 heterocycles. The number of hydrogen-bond donors (Lipinski definition) is 4. The molecule has 0 aliphatic heterocycles. The fourth-order valence-electron chi connectivity index (χ4n) is 2.59. The maximum absolute atomic E-state index is 10.0. The fourth-order valence-corrected chi connectivity index (χ4v) is 3.87. The minimum Gasteiger partial charge on any atom is -0.393 e. The van der Waals surface area contributed by atoms with Gasteiger partial charge in [0.25, 0.3) is 0 Å². The first kappa shape index (κ1) is 20.0. The smallest absolute Gasteiger partial charge is 0.151 e. The molecule has 0 saturated carbocycles. The van der Waals surface area contributed by atoms with Gasteiger partial charge >= 0.3 is 0 Å². The van der Waals surface area contributed by atoms with Crippen LogP contribution in [0.25, 0.3) is 11.0 Å². The minimum absolute atomic E-state index is 0.220. The summed E-state index contributed by atoms with van der Waals surface area (Å²) in [5.74, 6) is 2.73. The summed E-state index contributed by atoms with van der Waals surface area (Å²) in [5, 5.41) is 13.4. The number of nitrogens with zero attached hydrogens (tertiary/aromatic N) is 2. The summed E-state index contributed by atoms with van der Waals surface area (Å²) in [6.45, 7) is 4.12. The number of H-pyrrole nitrogens is 1. The Balaban J connectivity index is 1.76. The van der Waals surface area contributed by atoms with Crippen LogP contribution in [0.2, 0.25) is 0 Å². The van der Waals surface area contributed by atoms with Gasteiger partial charge in [0.2, 0.25) is 0 Å². The number of aromatic amines is 1. The highest BCUT2D eigenvalue weighted by Gasteiger charge is 2.15. The van der Waals surface area contributed by atoms with Crippen LogP contribution in [0.5, 0.6) is 0 Å². The molecule has 5 N–H and O–H groups in total. The first-order valence-electron chi connectivity index (χ1n) is 8.65. The number of aliphatic hydroxyl groups excluding tert-OH is 1. The van der Waals surface area contributed by atoms with Gasteiger partial charge in [-0.15, -0.1) is 0 Å². The summed E-state index contributed by atoms with van der Waals surface area (Å²) in [4.78, 5) is 11.4. The largest absolute Gasteiger partial charge is 0.393 e. The summed E-state index contributed by atoms with van der Waals surface area (Å²) < 4.78 is 5.06. The van der Waals surface area contributed by atoms with E-state index in [1.165, 1.54) is 6.33 Å². The average molecular weight is 368 g/mol. The number of aliphatic hydroxyl groups is 1. The van der Waals surface area contributed by atoms with Crippen molar-refractivity contribution in [3.05, 3.63) is 18.1 Å². The van der Waals surface area contributed by atoms with Crippen molar-refractivity contribution in [2.24, 2.45) is 5.92 Å². The lowest BCUT2D eigenvalue weighted by molar-refractivity contribution is 0.136. The van der Waals surface area contributed by atoms with E-state index in [2.05, 4.69) is 20.3 Å². The number of anilines is 1. The topological polar surface area (TPSA) is 109 Å². The number of aromatic nitrogens is 3. The zero-order valence-electron chi connectivity index (χ0n) is 15.0. The van der Waals surface area contributed by atoms with E-state index in [0.29, 0.717) is 12.4 Å². The molecule has 2 atom stereocenters. The lowest BCUT2D eigenvalue weighted by atomic mass is 10.1. The third-order valence-electron chi connectivity index (χ3n) is 4.19. The molecule has 2 unspecified atom stereocenters. The lowest BCUT2D eigenvalue weighted by Crippen LogP contribution is -2.31. The van der Waals surface area contributed by atoms with Crippen molar-refractivity contribution in [1.29, 1.82) is 0 Å². The van der Waals surface area contributed by atoms with Crippen LogP contribution in [-0.2, 0) is 11.3 Å². The number of rotatable bonds is 12. The molecule has 140 valence electrons. The van der Waals surface area contributed by atoms with Crippen molar-refractivity contribution < 1.29 is 9.84 Å². The predicted molar refractivity (Wildman–Crippen MR) is 104 cm³/mol. The van der Waals surface area contributed by atoms with Gasteiger partial charge in [-0.2, -0.15) is 11.8 Å². The Bertz CT molecular complexity index is 635. The van der Waals surface area contributed by atoms with Crippen molar-refractivity contribution in [3.63, 3.8) is 0 Å². The predicted octanol–water partition coefficient (Wildman–Crippen LogP) is 1.79. The van der Waals surface area contributed by atoms with Gasteiger partial charge in [0.1, 0.15) is 11.8 Å². The number of hydrogen-bond acceptors (Lipinski definition) is 7. The van der Waals surface area contributed by atoms with Crippen LogP contribution in [0.15, 0.2) is 12.5 Å². The van der Waals surface area contributed by atoms with E-state index in [9.17, 15) is 5.11 Å². The van der Waals surface area contributed by atoms with Crippen LogP contribution >= 0.6 is 11.8 Å². The third kappa shape index (κ3) is 6.14. The maximum Gasteiger partial charge on any atom is 0.151 e. The van der Waals surface area contributed by atoms with Gasteiger partial charge in [-0.05, 0) is 31.3 Å². The number of ether oxygens (including phenoxy) is 1. The quantitative estimate of drug-likeness (QED) is 0.423. The highest BCUT2D eigenvalue weighted by molar-refractivity contribution is 7.99. The molecule has 7 nitrogen and oxygen atoms in total. The Morgan fingerprint density at radius 2 is 2.24 bits per heavy atom. The van der Waals surface area contributed by atoms with Crippen molar-refractivity contribution in [1.82, 2.24) is 20.3 Å². The molecule has 25 heavy (non-hydrogen) atoms. The Labute approximate surface area is 153 Å². The first-order valence-corrected chi connectivity index (χ1v) is 9.80. The molecule has 0 fully saturated rings. The Morgan fingerprint density at radius 1 is 1.40 bits per heavy atom. The standard InChI is InChI=1S/C17H29N5O2S/c1-12(23)14(10-25-6-4-3-5-24-2)8-19-7-13-9-20-16-15(13)21-11-22-17(16)18/h9,11-12,14,19-20,23H,3-8,10H2,1-2H3,(H2,18,21,22). The van der Waals surface area contributed by atoms with Crippen LogP contribution in [-0.4, -0.2) is 57.9 Å². The third-order valence-corrected chi connectivity index (χ3v) is 5.44. The highest BCUT2D eigenvalue weighted by atomic mass is 32.2. The van der Waals surface area contributed by atoms with Crippen LogP contribution in [0.1, 0.15) is 25.3 Å². The van der Waals surface area contributed by atoms with Crippen molar-refractivity contribution in [3.8, 4) is 0 Å². The second-order valence-corrected chi connectivity index (χ2v) is 7.35. The van der Waals surface area contributed by atoms with E-state index in [1.54, 1.807) is 7.11 Å².